The van der Waals surface area contributed by atoms with Gasteiger partial charge in [0.25, 0.3) is 0 Å². The van der Waals surface area contributed by atoms with Crippen molar-refractivity contribution < 1.29 is 5.11 Å². The lowest BCUT2D eigenvalue weighted by molar-refractivity contribution is 0.0610. The highest BCUT2D eigenvalue weighted by Gasteiger charge is 2.15. The number of aliphatic hydroxyl groups is 1. The molecule has 8 heavy (non-hydrogen) atoms. The van der Waals surface area contributed by atoms with E-state index >= 15 is 0 Å². The fraction of sp³-hybridized carbons (Fsp3) is 0.833. The molecule has 0 aromatic rings. The van der Waals surface area contributed by atoms with Crippen LogP contribution in [0.15, 0.2) is 0 Å². The molecule has 0 heterocycles. The highest BCUT2D eigenvalue weighted by molar-refractivity contribution is 4.83. The van der Waals surface area contributed by atoms with E-state index in [9.17, 15) is 0 Å². The Morgan fingerprint density at radius 1 is 1.75 bits per heavy atom. The van der Waals surface area contributed by atoms with Gasteiger partial charge in [-0.05, 0) is 13.3 Å². The molecule has 1 atom stereocenters. The van der Waals surface area contributed by atoms with Crippen LogP contribution in [0.2, 0.25) is 0 Å². The van der Waals surface area contributed by atoms with Crippen LogP contribution in [0.25, 0.3) is 0 Å². The highest BCUT2D eigenvalue weighted by Crippen LogP contribution is 2.11. The van der Waals surface area contributed by atoms with Crippen molar-refractivity contribution in [2.45, 2.75) is 32.3 Å². The molecule has 0 saturated heterocycles. The third-order valence-corrected chi connectivity index (χ3v) is 1.22. The predicted molar refractivity (Wildman–Crippen MR) is 31.1 cm³/mol. The monoisotopic (exact) mass is 113 g/mol. The summed E-state index contributed by atoms with van der Waals surface area (Å²) in [7, 11) is 0. The highest BCUT2D eigenvalue weighted by atomic mass is 16.3. The summed E-state index contributed by atoms with van der Waals surface area (Å²) in [5, 5.41) is 17.2. The Kier molecular flexibility index (Phi) is 2.50. The summed E-state index contributed by atoms with van der Waals surface area (Å²) in [6, 6.07) is 1.91. The fourth-order valence-electron chi connectivity index (χ4n) is 0.295. The first-order valence-electron chi connectivity index (χ1n) is 2.71. The lowest BCUT2D eigenvalue weighted by Gasteiger charge is -2.15. The van der Waals surface area contributed by atoms with Crippen LogP contribution in [0.5, 0.6) is 0 Å². The van der Waals surface area contributed by atoms with E-state index in [1.165, 1.54) is 0 Å². The molecular weight excluding hydrogens is 102 g/mol. The SMILES string of the molecule is CC[C@@](C)(O)CC#N. The molecule has 0 rings (SSSR count). The van der Waals surface area contributed by atoms with E-state index < -0.39 is 5.60 Å². The summed E-state index contributed by atoms with van der Waals surface area (Å²) in [5.41, 5.74) is -0.769. The molecule has 2 nitrogen and oxygen atoms in total. The maximum atomic E-state index is 9.10. The van der Waals surface area contributed by atoms with Crippen LogP contribution in [0.1, 0.15) is 26.7 Å². The molecule has 0 aliphatic rings. The molecule has 0 amide bonds. The van der Waals surface area contributed by atoms with Gasteiger partial charge in [0.2, 0.25) is 0 Å². The summed E-state index contributed by atoms with van der Waals surface area (Å²) in [6.45, 7) is 3.52. The lowest BCUT2D eigenvalue weighted by Crippen LogP contribution is -2.21. The van der Waals surface area contributed by atoms with Gasteiger partial charge >= 0.3 is 0 Å². The number of hydrogen-bond acceptors (Lipinski definition) is 2. The van der Waals surface area contributed by atoms with Gasteiger partial charge in [0.15, 0.2) is 0 Å². The van der Waals surface area contributed by atoms with Gasteiger partial charge in [-0.15, -0.1) is 0 Å². The molecule has 0 unspecified atom stereocenters. The molecule has 0 aliphatic carbocycles. The zero-order chi connectivity index (χ0) is 6.62. The summed E-state index contributed by atoms with van der Waals surface area (Å²) in [5.74, 6) is 0. The molecule has 2 heteroatoms. The second-order valence-electron chi connectivity index (χ2n) is 2.19. The van der Waals surface area contributed by atoms with E-state index in [2.05, 4.69) is 0 Å². The topological polar surface area (TPSA) is 44.0 Å². The van der Waals surface area contributed by atoms with Gasteiger partial charge in [0.1, 0.15) is 0 Å². The molecule has 0 fully saturated rings. The number of hydrogen-bond donors (Lipinski definition) is 1. The van der Waals surface area contributed by atoms with Crippen LogP contribution in [0, 0.1) is 11.3 Å². The van der Waals surface area contributed by atoms with Crippen molar-refractivity contribution in [3.8, 4) is 6.07 Å². The predicted octanol–water partition coefficient (Wildman–Crippen LogP) is 1.06. The first-order valence-corrected chi connectivity index (χ1v) is 2.71. The third kappa shape index (κ3) is 2.59. The largest absolute Gasteiger partial charge is 0.389 e. The number of nitriles is 1. The van der Waals surface area contributed by atoms with E-state index in [0.717, 1.165) is 0 Å². The van der Waals surface area contributed by atoms with Crippen molar-refractivity contribution in [2.24, 2.45) is 0 Å². The first-order chi connectivity index (χ1) is 3.62. The van der Waals surface area contributed by atoms with E-state index in [4.69, 9.17) is 10.4 Å². The second-order valence-corrected chi connectivity index (χ2v) is 2.19. The minimum absolute atomic E-state index is 0.226. The zero-order valence-electron chi connectivity index (χ0n) is 5.31. The van der Waals surface area contributed by atoms with Gasteiger partial charge in [-0.3, -0.25) is 0 Å². The third-order valence-electron chi connectivity index (χ3n) is 1.22. The fourth-order valence-corrected chi connectivity index (χ4v) is 0.295. The van der Waals surface area contributed by atoms with E-state index in [0.29, 0.717) is 6.42 Å². The minimum atomic E-state index is -0.769. The normalized spacial score (nSPS) is 16.8. The van der Waals surface area contributed by atoms with Gasteiger partial charge < -0.3 is 5.11 Å². The van der Waals surface area contributed by atoms with Crippen LogP contribution in [0.3, 0.4) is 0 Å². The Morgan fingerprint density at radius 3 is 2.38 bits per heavy atom. The molecule has 0 aromatic carbocycles. The summed E-state index contributed by atoms with van der Waals surface area (Å²) in [4.78, 5) is 0. The second kappa shape index (κ2) is 2.68. The zero-order valence-corrected chi connectivity index (χ0v) is 5.31. The van der Waals surface area contributed by atoms with Crippen LogP contribution in [0.4, 0.5) is 0 Å². The quantitative estimate of drug-likeness (QED) is 0.582. The molecule has 0 radical (unpaired) electrons. The minimum Gasteiger partial charge on any atom is -0.389 e. The Balaban J connectivity index is 3.58. The van der Waals surface area contributed by atoms with Gasteiger partial charge in [-0.1, -0.05) is 6.92 Å². The smallest absolute Gasteiger partial charge is 0.0746 e. The molecule has 0 saturated carbocycles. The Bertz CT molecular complexity index is 102. The van der Waals surface area contributed by atoms with Crippen molar-refractivity contribution in [2.75, 3.05) is 0 Å². The molecule has 0 bridgehead atoms. The molecule has 46 valence electrons. The van der Waals surface area contributed by atoms with E-state index in [1.807, 2.05) is 13.0 Å². The molecule has 0 spiro atoms. The maximum absolute atomic E-state index is 9.10. The molecule has 0 aliphatic heterocycles. The standard InChI is InChI=1S/C6H11NO/c1-3-6(2,8)4-5-7/h8H,3-4H2,1-2H3/t6-/m1/s1. The van der Waals surface area contributed by atoms with Crippen LogP contribution in [-0.2, 0) is 0 Å². The van der Waals surface area contributed by atoms with Crippen LogP contribution < -0.4 is 0 Å². The number of nitrogens with zero attached hydrogens (tertiary/aromatic N) is 1. The molecule has 0 aromatic heterocycles. The van der Waals surface area contributed by atoms with Gasteiger partial charge in [0, 0.05) is 0 Å². The Morgan fingerprint density at radius 2 is 2.25 bits per heavy atom. The van der Waals surface area contributed by atoms with Crippen LogP contribution >= 0.6 is 0 Å². The van der Waals surface area contributed by atoms with E-state index in [-0.39, 0.29) is 6.42 Å². The average molecular weight is 113 g/mol. The molecular formula is C6H11NO. The number of rotatable bonds is 2. The van der Waals surface area contributed by atoms with Crippen molar-refractivity contribution >= 4 is 0 Å². The van der Waals surface area contributed by atoms with Crippen molar-refractivity contribution in [3.63, 3.8) is 0 Å². The van der Waals surface area contributed by atoms with Gasteiger partial charge in [-0.25, -0.2) is 0 Å². The van der Waals surface area contributed by atoms with Gasteiger partial charge in [0.05, 0.1) is 18.1 Å². The summed E-state index contributed by atoms with van der Waals surface area (Å²) < 4.78 is 0. The maximum Gasteiger partial charge on any atom is 0.0746 e. The first kappa shape index (κ1) is 7.45. The Hall–Kier alpha value is -0.550. The lowest BCUT2D eigenvalue weighted by atomic mass is 10.0. The summed E-state index contributed by atoms with van der Waals surface area (Å²) in [6.07, 6.45) is 0.865. The average Bonchev–Trinajstić information content (AvgIpc) is 1.67. The summed E-state index contributed by atoms with van der Waals surface area (Å²) >= 11 is 0. The Labute approximate surface area is 49.8 Å². The molecule has 1 N–H and O–H groups in total. The van der Waals surface area contributed by atoms with Gasteiger partial charge in [-0.2, -0.15) is 5.26 Å². The van der Waals surface area contributed by atoms with E-state index in [1.54, 1.807) is 6.92 Å². The van der Waals surface area contributed by atoms with Crippen molar-refractivity contribution in [3.05, 3.63) is 0 Å². The van der Waals surface area contributed by atoms with Crippen LogP contribution in [-0.4, -0.2) is 10.7 Å². The van der Waals surface area contributed by atoms with Crippen molar-refractivity contribution in [1.29, 1.82) is 5.26 Å². The van der Waals surface area contributed by atoms with Crippen molar-refractivity contribution in [1.82, 2.24) is 0 Å².